The van der Waals surface area contributed by atoms with Crippen LogP contribution in [0.25, 0.3) is 6.08 Å². The number of ether oxygens (including phenoxy) is 1. The molecule has 0 saturated heterocycles. The summed E-state index contributed by atoms with van der Waals surface area (Å²) in [6.07, 6.45) is 1.49. The minimum atomic E-state index is -0.831. The number of esters is 1. The summed E-state index contributed by atoms with van der Waals surface area (Å²) in [4.78, 5) is 51.3. The molecule has 9 nitrogen and oxygen atoms in total. The molecule has 0 saturated carbocycles. The fourth-order valence-electron chi connectivity index (χ4n) is 3.74. The number of ketones is 1. The zero-order valence-electron chi connectivity index (χ0n) is 19.9. The maximum atomic E-state index is 13.2. The molecule has 1 aromatic heterocycles. The second-order valence-electron chi connectivity index (χ2n) is 7.93. The quantitative estimate of drug-likeness (QED) is 0.218. The van der Waals surface area contributed by atoms with Crippen molar-refractivity contribution in [2.45, 2.75) is 13.5 Å². The van der Waals surface area contributed by atoms with Crippen molar-refractivity contribution in [2.24, 2.45) is 0 Å². The van der Waals surface area contributed by atoms with E-state index < -0.39 is 23.6 Å². The van der Waals surface area contributed by atoms with Gasteiger partial charge in [-0.05, 0) is 55.5 Å². The monoisotopic (exact) mass is 519 g/mol. The predicted molar refractivity (Wildman–Crippen MR) is 137 cm³/mol. The third-order valence-electron chi connectivity index (χ3n) is 5.49. The lowest BCUT2D eigenvalue weighted by Gasteiger charge is -2.21. The first-order valence-electron chi connectivity index (χ1n) is 11.1. The molecule has 0 fully saturated rings. The minimum absolute atomic E-state index is 0.0518. The van der Waals surface area contributed by atoms with E-state index in [0.29, 0.717) is 33.6 Å². The third kappa shape index (κ3) is 5.62. The van der Waals surface area contributed by atoms with Crippen LogP contribution in [-0.4, -0.2) is 30.7 Å². The second kappa shape index (κ2) is 11.0. The lowest BCUT2D eigenvalue weighted by Crippen LogP contribution is -2.34. The van der Waals surface area contributed by atoms with Crippen LogP contribution in [0.1, 0.15) is 18.4 Å². The molecule has 0 aliphatic carbocycles. The Kier molecular flexibility index (Phi) is 7.55. The van der Waals surface area contributed by atoms with Crippen LogP contribution in [0.2, 0.25) is 5.02 Å². The van der Waals surface area contributed by atoms with Gasteiger partial charge in [-0.2, -0.15) is 0 Å². The second-order valence-corrected chi connectivity index (χ2v) is 8.37. The van der Waals surface area contributed by atoms with Gasteiger partial charge in [0, 0.05) is 28.2 Å². The van der Waals surface area contributed by atoms with Gasteiger partial charge in [0.05, 0.1) is 19.4 Å². The van der Waals surface area contributed by atoms with Crippen LogP contribution < -0.4 is 15.5 Å². The number of hydrogen-bond donors (Lipinski definition) is 2. The Morgan fingerprint density at radius 1 is 1.00 bits per heavy atom. The zero-order valence-corrected chi connectivity index (χ0v) is 20.7. The van der Waals surface area contributed by atoms with Crippen molar-refractivity contribution >= 4 is 52.6 Å². The van der Waals surface area contributed by atoms with Crippen LogP contribution in [0.5, 0.6) is 0 Å². The number of rotatable bonds is 6. The number of para-hydroxylation sites is 1. The molecule has 1 aliphatic heterocycles. The number of amides is 2. The number of nitrogens with zero attached hydrogens (tertiary/aromatic N) is 1. The number of carbonyl (C=O) groups is 4. The van der Waals surface area contributed by atoms with Crippen LogP contribution in [0.15, 0.2) is 88.1 Å². The smallest absolute Gasteiger partial charge is 0.343 e. The largest absolute Gasteiger partial charge is 0.465 e. The van der Waals surface area contributed by atoms with Crippen LogP contribution in [0.3, 0.4) is 0 Å². The van der Waals surface area contributed by atoms with Crippen molar-refractivity contribution in [3.63, 3.8) is 0 Å². The van der Waals surface area contributed by atoms with Crippen molar-refractivity contribution < 1.29 is 28.3 Å². The molecule has 37 heavy (non-hydrogen) atoms. The molecule has 0 unspecified atom stereocenters. The van der Waals surface area contributed by atoms with E-state index in [1.54, 1.807) is 78.6 Å². The highest BCUT2D eigenvalue weighted by molar-refractivity contribution is 6.39. The first-order chi connectivity index (χ1) is 17.8. The standard InChI is InChI=1S/C27H22ClN3O6/c1-16-23(27(35)36-2)24(32)22(31(16)19-10-8-17(28)9-11-19)14-20-12-13-21(37-20)15-29-25(33)26(34)30-18-6-4-3-5-7-18/h3-14H,15H2,1-2H3,(H,29,33)(H,30,34)/b22-14+. The van der Waals surface area contributed by atoms with Gasteiger partial charge in [0.1, 0.15) is 17.1 Å². The molecule has 2 N–H and O–H groups in total. The summed E-state index contributed by atoms with van der Waals surface area (Å²) in [6.45, 7) is 1.59. The fourth-order valence-corrected chi connectivity index (χ4v) is 3.87. The number of allylic oxidation sites excluding steroid dienone is 2. The maximum absolute atomic E-state index is 13.2. The van der Waals surface area contributed by atoms with E-state index in [4.69, 9.17) is 20.8 Å². The van der Waals surface area contributed by atoms with Crippen LogP contribution in [0.4, 0.5) is 11.4 Å². The van der Waals surface area contributed by atoms with Gasteiger partial charge < -0.3 is 24.7 Å². The number of hydrogen-bond acceptors (Lipinski definition) is 7. The molecule has 2 aromatic carbocycles. The Morgan fingerprint density at radius 2 is 1.70 bits per heavy atom. The van der Waals surface area contributed by atoms with E-state index >= 15 is 0 Å². The van der Waals surface area contributed by atoms with E-state index in [1.807, 2.05) is 0 Å². The maximum Gasteiger partial charge on any atom is 0.343 e. The molecule has 0 spiro atoms. The summed E-state index contributed by atoms with van der Waals surface area (Å²) in [5.41, 5.74) is 1.59. The molecule has 2 amide bonds. The Hall–Kier alpha value is -4.63. The van der Waals surface area contributed by atoms with Gasteiger partial charge in [-0.1, -0.05) is 29.8 Å². The molecule has 10 heteroatoms. The van der Waals surface area contributed by atoms with Gasteiger partial charge in [0.25, 0.3) is 0 Å². The predicted octanol–water partition coefficient (Wildman–Crippen LogP) is 4.07. The summed E-state index contributed by atoms with van der Waals surface area (Å²) >= 11 is 6.01. The summed E-state index contributed by atoms with van der Waals surface area (Å²) in [7, 11) is 1.21. The number of anilines is 2. The molecular weight excluding hydrogens is 498 g/mol. The molecule has 0 radical (unpaired) electrons. The zero-order chi connectivity index (χ0) is 26.5. The van der Waals surface area contributed by atoms with Crippen molar-refractivity contribution in [1.82, 2.24) is 5.32 Å². The van der Waals surface area contributed by atoms with Crippen molar-refractivity contribution in [2.75, 3.05) is 17.3 Å². The van der Waals surface area contributed by atoms with Crippen LogP contribution >= 0.6 is 11.6 Å². The van der Waals surface area contributed by atoms with E-state index in [9.17, 15) is 19.2 Å². The average Bonchev–Trinajstić information content (AvgIpc) is 3.45. The van der Waals surface area contributed by atoms with Gasteiger partial charge in [-0.25, -0.2) is 4.79 Å². The fraction of sp³-hybridized carbons (Fsp3) is 0.111. The molecule has 188 valence electrons. The summed E-state index contributed by atoms with van der Waals surface area (Å²) < 4.78 is 10.5. The number of Topliss-reactive ketones (excluding diaryl/α,β-unsaturated/α-hetero) is 1. The van der Waals surface area contributed by atoms with E-state index in [2.05, 4.69) is 10.6 Å². The number of methoxy groups -OCH3 is 1. The number of nitrogens with one attached hydrogen (secondary N) is 2. The van der Waals surface area contributed by atoms with Crippen LogP contribution in [-0.2, 0) is 30.5 Å². The Balaban J connectivity index is 1.51. The number of carbonyl (C=O) groups excluding carboxylic acids is 4. The van der Waals surface area contributed by atoms with E-state index in [1.165, 1.54) is 13.2 Å². The average molecular weight is 520 g/mol. The van der Waals surface area contributed by atoms with Crippen molar-refractivity contribution in [1.29, 1.82) is 0 Å². The normalized spacial score (nSPS) is 14.2. The number of furan rings is 1. The van der Waals surface area contributed by atoms with E-state index in [-0.39, 0.29) is 17.8 Å². The molecular formula is C27H22ClN3O6. The Morgan fingerprint density at radius 3 is 2.38 bits per heavy atom. The Labute approximate surface area is 217 Å². The number of halogens is 1. The first kappa shape index (κ1) is 25.5. The molecule has 1 aliphatic rings. The highest BCUT2D eigenvalue weighted by atomic mass is 35.5. The summed E-state index contributed by atoms with van der Waals surface area (Å²) in [5.74, 6) is -2.26. The molecule has 0 bridgehead atoms. The van der Waals surface area contributed by atoms with Crippen molar-refractivity contribution in [3.8, 4) is 0 Å². The van der Waals surface area contributed by atoms with E-state index in [0.717, 1.165) is 0 Å². The number of benzene rings is 2. The topological polar surface area (TPSA) is 118 Å². The van der Waals surface area contributed by atoms with Crippen molar-refractivity contribution in [3.05, 3.63) is 100 Å². The summed E-state index contributed by atoms with van der Waals surface area (Å²) in [6, 6.07) is 18.6. The van der Waals surface area contributed by atoms with Gasteiger partial charge >= 0.3 is 17.8 Å². The lowest BCUT2D eigenvalue weighted by atomic mass is 10.1. The molecule has 2 heterocycles. The van der Waals surface area contributed by atoms with Gasteiger partial charge in [0.2, 0.25) is 5.78 Å². The third-order valence-corrected chi connectivity index (χ3v) is 5.75. The molecule has 0 atom stereocenters. The lowest BCUT2D eigenvalue weighted by molar-refractivity contribution is -0.137. The highest BCUT2D eigenvalue weighted by Gasteiger charge is 2.38. The van der Waals surface area contributed by atoms with Gasteiger partial charge in [-0.15, -0.1) is 0 Å². The SMILES string of the molecule is COC(=O)C1=C(C)N(c2ccc(Cl)cc2)/C(=C/c2ccc(CNC(=O)C(=O)Nc3ccccc3)o2)C1=O. The van der Waals surface area contributed by atoms with Gasteiger partial charge in [-0.3, -0.25) is 14.4 Å². The molecule has 4 rings (SSSR count). The molecule has 3 aromatic rings. The van der Waals surface area contributed by atoms with Gasteiger partial charge in [0.15, 0.2) is 0 Å². The minimum Gasteiger partial charge on any atom is -0.465 e. The summed E-state index contributed by atoms with van der Waals surface area (Å²) in [5, 5.41) is 5.50. The first-order valence-corrected chi connectivity index (χ1v) is 11.5. The van der Waals surface area contributed by atoms with Crippen LogP contribution in [0, 0.1) is 0 Å². The highest BCUT2D eigenvalue weighted by Crippen LogP contribution is 2.36. The Bertz CT molecular complexity index is 1420.